The van der Waals surface area contributed by atoms with Gasteiger partial charge < -0.3 is 10.1 Å². The summed E-state index contributed by atoms with van der Waals surface area (Å²) >= 11 is 3.61. The fraction of sp³-hybridized carbons (Fsp3) is 0.500. The van der Waals surface area contributed by atoms with Crippen molar-refractivity contribution in [3.05, 3.63) is 27.7 Å². The predicted molar refractivity (Wildman–Crippen MR) is 65.4 cm³/mol. The van der Waals surface area contributed by atoms with E-state index in [0.29, 0.717) is 5.92 Å². The Hall–Kier alpha value is -0.540. The number of fused-ring (bicyclic) bond motifs is 1. The van der Waals surface area contributed by atoms with Crippen molar-refractivity contribution in [2.24, 2.45) is 0 Å². The minimum Gasteiger partial charge on any atom is -0.496 e. The second-order valence-corrected chi connectivity index (χ2v) is 4.86. The average molecular weight is 270 g/mol. The van der Waals surface area contributed by atoms with Gasteiger partial charge in [-0.3, -0.25) is 0 Å². The first kappa shape index (κ1) is 11.0. The number of methoxy groups -OCH3 is 1. The first-order valence-corrected chi connectivity index (χ1v) is 6.09. The standard InChI is InChI=1S/C12H16BrNO/c1-8-5-6-14-7-9-10(13)3-4-11(15-2)12(8)9/h3-4,8,14H,5-7H2,1-2H3. The highest BCUT2D eigenvalue weighted by Gasteiger charge is 2.20. The van der Waals surface area contributed by atoms with E-state index in [9.17, 15) is 0 Å². The lowest BCUT2D eigenvalue weighted by atomic mass is 9.93. The summed E-state index contributed by atoms with van der Waals surface area (Å²) in [6, 6.07) is 4.11. The first-order chi connectivity index (χ1) is 7.24. The molecule has 0 amide bonds. The van der Waals surface area contributed by atoms with Gasteiger partial charge in [-0.2, -0.15) is 0 Å². The van der Waals surface area contributed by atoms with Gasteiger partial charge in [0.2, 0.25) is 0 Å². The Bertz CT molecular complexity index is 365. The molecule has 2 rings (SSSR count). The lowest BCUT2D eigenvalue weighted by Crippen LogP contribution is -2.12. The number of halogens is 1. The normalized spacial score (nSPS) is 20.6. The zero-order valence-electron chi connectivity index (χ0n) is 9.14. The van der Waals surface area contributed by atoms with Crippen molar-refractivity contribution in [2.45, 2.75) is 25.8 Å². The third-order valence-corrected chi connectivity index (χ3v) is 3.77. The lowest BCUT2D eigenvalue weighted by Gasteiger charge is -2.17. The van der Waals surface area contributed by atoms with E-state index < -0.39 is 0 Å². The zero-order chi connectivity index (χ0) is 10.8. The SMILES string of the molecule is COc1ccc(Br)c2c1C(C)CCNC2. The highest BCUT2D eigenvalue weighted by Crippen LogP contribution is 2.37. The number of hydrogen-bond acceptors (Lipinski definition) is 2. The van der Waals surface area contributed by atoms with Crippen molar-refractivity contribution in [1.29, 1.82) is 0 Å². The van der Waals surface area contributed by atoms with Crippen LogP contribution >= 0.6 is 15.9 Å². The third-order valence-electron chi connectivity index (χ3n) is 3.03. The highest BCUT2D eigenvalue weighted by molar-refractivity contribution is 9.10. The molecule has 1 aromatic rings. The van der Waals surface area contributed by atoms with Gasteiger partial charge in [0.15, 0.2) is 0 Å². The van der Waals surface area contributed by atoms with E-state index in [1.54, 1.807) is 7.11 Å². The van der Waals surface area contributed by atoms with Crippen LogP contribution < -0.4 is 10.1 Å². The van der Waals surface area contributed by atoms with E-state index in [0.717, 1.165) is 18.8 Å². The molecule has 0 fully saturated rings. The summed E-state index contributed by atoms with van der Waals surface area (Å²) in [5.74, 6) is 1.58. The Morgan fingerprint density at radius 3 is 3.00 bits per heavy atom. The summed E-state index contributed by atoms with van der Waals surface area (Å²) in [6.07, 6.45) is 1.17. The van der Waals surface area contributed by atoms with Crippen LogP contribution in [0.4, 0.5) is 0 Å². The molecule has 82 valence electrons. The number of nitrogens with one attached hydrogen (secondary N) is 1. The number of rotatable bonds is 1. The average Bonchev–Trinajstić information content (AvgIpc) is 2.43. The monoisotopic (exact) mass is 269 g/mol. The molecule has 0 spiro atoms. The molecular formula is C12H16BrNO. The highest BCUT2D eigenvalue weighted by atomic mass is 79.9. The van der Waals surface area contributed by atoms with Gasteiger partial charge in [0.05, 0.1) is 7.11 Å². The Morgan fingerprint density at radius 1 is 1.47 bits per heavy atom. The molecule has 1 aromatic carbocycles. The van der Waals surface area contributed by atoms with E-state index in [4.69, 9.17) is 4.74 Å². The van der Waals surface area contributed by atoms with Crippen LogP contribution in [0.25, 0.3) is 0 Å². The third kappa shape index (κ3) is 2.04. The van der Waals surface area contributed by atoms with Gasteiger partial charge >= 0.3 is 0 Å². The van der Waals surface area contributed by atoms with Gasteiger partial charge in [0.25, 0.3) is 0 Å². The molecule has 1 heterocycles. The van der Waals surface area contributed by atoms with Crippen LogP contribution in [0.2, 0.25) is 0 Å². The second kappa shape index (κ2) is 4.54. The topological polar surface area (TPSA) is 21.3 Å². The number of benzene rings is 1. The molecule has 0 bridgehead atoms. The molecular weight excluding hydrogens is 254 g/mol. The van der Waals surface area contributed by atoms with Crippen molar-refractivity contribution in [2.75, 3.05) is 13.7 Å². The van der Waals surface area contributed by atoms with E-state index in [-0.39, 0.29) is 0 Å². The lowest BCUT2D eigenvalue weighted by molar-refractivity contribution is 0.405. The Kier molecular flexibility index (Phi) is 3.32. The minimum absolute atomic E-state index is 0.558. The molecule has 0 aliphatic carbocycles. The maximum absolute atomic E-state index is 5.44. The Labute approximate surface area is 99.1 Å². The molecule has 15 heavy (non-hydrogen) atoms. The van der Waals surface area contributed by atoms with Crippen molar-refractivity contribution >= 4 is 15.9 Å². The predicted octanol–water partition coefficient (Wildman–Crippen LogP) is 3.05. The zero-order valence-corrected chi connectivity index (χ0v) is 10.7. The molecule has 3 heteroatoms. The fourth-order valence-corrected chi connectivity index (χ4v) is 2.68. The number of ether oxygens (including phenoxy) is 1. The Morgan fingerprint density at radius 2 is 2.27 bits per heavy atom. The largest absolute Gasteiger partial charge is 0.496 e. The van der Waals surface area contributed by atoms with Gasteiger partial charge in [-0.1, -0.05) is 22.9 Å². The van der Waals surface area contributed by atoms with E-state index in [1.807, 2.05) is 6.07 Å². The van der Waals surface area contributed by atoms with Crippen molar-refractivity contribution < 1.29 is 4.74 Å². The van der Waals surface area contributed by atoms with Gasteiger partial charge in [-0.25, -0.2) is 0 Å². The molecule has 1 atom stereocenters. The van der Waals surface area contributed by atoms with Crippen LogP contribution in [-0.4, -0.2) is 13.7 Å². The molecule has 0 saturated carbocycles. The minimum atomic E-state index is 0.558. The molecule has 1 aliphatic heterocycles. The van der Waals surface area contributed by atoms with Crippen LogP contribution in [0.15, 0.2) is 16.6 Å². The summed E-state index contributed by atoms with van der Waals surface area (Å²) in [5.41, 5.74) is 2.70. The van der Waals surface area contributed by atoms with Crippen LogP contribution in [0.3, 0.4) is 0 Å². The van der Waals surface area contributed by atoms with Gasteiger partial charge in [0.1, 0.15) is 5.75 Å². The summed E-state index contributed by atoms with van der Waals surface area (Å²) in [4.78, 5) is 0. The molecule has 2 nitrogen and oxygen atoms in total. The number of hydrogen-bond donors (Lipinski definition) is 1. The van der Waals surface area contributed by atoms with Gasteiger partial charge in [-0.15, -0.1) is 0 Å². The van der Waals surface area contributed by atoms with Crippen LogP contribution in [0, 0.1) is 0 Å². The first-order valence-electron chi connectivity index (χ1n) is 5.30. The smallest absolute Gasteiger partial charge is 0.122 e. The summed E-state index contributed by atoms with van der Waals surface area (Å²) < 4.78 is 6.63. The quantitative estimate of drug-likeness (QED) is 0.846. The van der Waals surface area contributed by atoms with E-state index >= 15 is 0 Å². The van der Waals surface area contributed by atoms with Gasteiger partial charge in [-0.05, 0) is 36.6 Å². The van der Waals surface area contributed by atoms with Crippen LogP contribution in [-0.2, 0) is 6.54 Å². The van der Waals surface area contributed by atoms with Crippen LogP contribution in [0.1, 0.15) is 30.4 Å². The molecule has 0 radical (unpaired) electrons. The molecule has 1 N–H and O–H groups in total. The second-order valence-electron chi connectivity index (χ2n) is 4.01. The summed E-state index contributed by atoms with van der Waals surface area (Å²) in [6.45, 7) is 4.27. The van der Waals surface area contributed by atoms with Crippen molar-refractivity contribution in [3.63, 3.8) is 0 Å². The fourth-order valence-electron chi connectivity index (χ4n) is 2.19. The Balaban J connectivity index is 2.56. The molecule has 0 aromatic heterocycles. The van der Waals surface area contributed by atoms with Crippen molar-refractivity contribution in [3.8, 4) is 5.75 Å². The maximum atomic E-state index is 5.44. The van der Waals surface area contributed by atoms with Gasteiger partial charge in [0, 0.05) is 16.6 Å². The summed E-state index contributed by atoms with van der Waals surface area (Å²) in [5, 5.41) is 3.44. The van der Waals surface area contributed by atoms with E-state index in [1.165, 1.54) is 22.0 Å². The maximum Gasteiger partial charge on any atom is 0.122 e. The van der Waals surface area contributed by atoms with E-state index in [2.05, 4.69) is 34.2 Å². The van der Waals surface area contributed by atoms with Crippen LogP contribution in [0.5, 0.6) is 5.75 Å². The van der Waals surface area contributed by atoms with Crippen molar-refractivity contribution in [1.82, 2.24) is 5.32 Å². The summed E-state index contributed by atoms with van der Waals surface area (Å²) in [7, 11) is 1.74. The molecule has 1 unspecified atom stereocenters. The molecule has 1 aliphatic rings. The molecule has 0 saturated heterocycles.